The van der Waals surface area contributed by atoms with Crippen LogP contribution in [0.15, 0.2) is 53.3 Å². The summed E-state index contributed by atoms with van der Waals surface area (Å²) in [4.78, 5) is 18.7. The molecule has 1 atom stereocenters. The second-order valence-corrected chi connectivity index (χ2v) is 10.3. The molecule has 200 valence electrons. The largest absolute Gasteiger partial charge is 0.496 e. The second kappa shape index (κ2) is 11.9. The zero-order valence-corrected chi connectivity index (χ0v) is 22.7. The molecule has 2 heterocycles. The molecule has 8 heteroatoms. The minimum absolute atomic E-state index is 0.0612. The van der Waals surface area contributed by atoms with Crippen molar-refractivity contribution in [2.24, 2.45) is 0 Å². The molecular weight excluding hydrogens is 476 g/mol. The van der Waals surface area contributed by atoms with Crippen molar-refractivity contribution in [3.05, 3.63) is 81.4 Å². The number of aromatic nitrogens is 5. The highest BCUT2D eigenvalue weighted by atomic mass is 16.5. The summed E-state index contributed by atoms with van der Waals surface area (Å²) in [5, 5.41) is 14.2. The van der Waals surface area contributed by atoms with Crippen molar-refractivity contribution in [3.8, 4) is 5.75 Å². The lowest BCUT2D eigenvalue weighted by Gasteiger charge is -2.32. The van der Waals surface area contributed by atoms with Crippen molar-refractivity contribution in [2.75, 3.05) is 7.11 Å². The number of hydrogen-bond donors (Lipinski definition) is 1. The first-order valence-corrected chi connectivity index (χ1v) is 13.9. The first kappa shape index (κ1) is 26.1. The summed E-state index contributed by atoms with van der Waals surface area (Å²) in [5.74, 6) is 1.71. The molecule has 2 aromatic heterocycles. The third-order valence-electron chi connectivity index (χ3n) is 7.90. The quantitative estimate of drug-likeness (QED) is 0.290. The number of ether oxygens (including phenoxy) is 1. The molecule has 8 nitrogen and oxygen atoms in total. The number of pyridine rings is 1. The topological polar surface area (TPSA) is 88.9 Å². The van der Waals surface area contributed by atoms with Gasteiger partial charge in [0.15, 0.2) is 5.82 Å². The van der Waals surface area contributed by atoms with Crippen LogP contribution in [0.25, 0.3) is 10.9 Å². The Balaban J connectivity index is 1.55. The zero-order valence-electron chi connectivity index (χ0n) is 22.7. The number of methoxy groups -OCH3 is 1. The molecular formula is C30H38N6O2. The van der Waals surface area contributed by atoms with E-state index in [0.717, 1.165) is 59.3 Å². The van der Waals surface area contributed by atoms with Gasteiger partial charge < -0.3 is 9.72 Å². The smallest absolute Gasteiger partial charge is 0.252 e. The average Bonchev–Trinajstić information content (AvgIpc) is 3.44. The molecule has 5 rings (SSSR count). The molecule has 0 saturated heterocycles. The number of H-pyrrole nitrogens is 1. The van der Waals surface area contributed by atoms with Crippen LogP contribution in [0.5, 0.6) is 5.75 Å². The van der Waals surface area contributed by atoms with Crippen LogP contribution in [0.1, 0.15) is 87.0 Å². The number of aromatic amines is 1. The van der Waals surface area contributed by atoms with Crippen molar-refractivity contribution in [3.63, 3.8) is 0 Å². The van der Waals surface area contributed by atoms with Gasteiger partial charge in [0.25, 0.3) is 5.56 Å². The number of para-hydroxylation sites is 1. The average molecular weight is 515 g/mol. The van der Waals surface area contributed by atoms with E-state index in [4.69, 9.17) is 4.74 Å². The number of nitrogens with one attached hydrogen (secondary N) is 1. The van der Waals surface area contributed by atoms with Crippen LogP contribution < -0.4 is 10.3 Å². The highest BCUT2D eigenvalue weighted by molar-refractivity contribution is 5.79. The Hall–Kier alpha value is -3.52. The SMILES string of the molecule is CCc1ccc2[nH]c(=O)c(CN(Cc3ccccc3OC)[C@H](CC)c3nnnn3C3CCCCC3)cc2c1. The molecule has 0 aliphatic heterocycles. The van der Waals surface area contributed by atoms with Gasteiger partial charge in [-0.1, -0.05) is 57.4 Å². The summed E-state index contributed by atoms with van der Waals surface area (Å²) in [5.41, 5.74) is 3.85. The van der Waals surface area contributed by atoms with Crippen molar-refractivity contribution in [1.29, 1.82) is 0 Å². The fourth-order valence-electron chi connectivity index (χ4n) is 5.80. The lowest BCUT2D eigenvalue weighted by atomic mass is 9.95. The Morgan fingerprint density at radius 2 is 1.84 bits per heavy atom. The normalized spacial score (nSPS) is 15.3. The Kier molecular flexibility index (Phi) is 8.17. The Bertz CT molecular complexity index is 1420. The number of hydrogen-bond acceptors (Lipinski definition) is 6. The summed E-state index contributed by atoms with van der Waals surface area (Å²) >= 11 is 0. The van der Waals surface area contributed by atoms with Gasteiger partial charge in [-0.25, -0.2) is 4.68 Å². The predicted molar refractivity (Wildman–Crippen MR) is 149 cm³/mol. The highest BCUT2D eigenvalue weighted by Gasteiger charge is 2.29. The molecule has 38 heavy (non-hydrogen) atoms. The standard InChI is InChI=1S/C30H38N6O2/c1-4-21-15-16-26-23(17-21)18-24(30(37)31-26)20-35(19-22-11-9-10-14-28(22)38-3)27(5-2)29-32-33-34-36(29)25-12-7-6-8-13-25/h9-11,14-18,25,27H,4-8,12-13,19-20H2,1-3H3,(H,31,37)/t27-/m1/s1. The number of fused-ring (bicyclic) bond motifs is 1. The summed E-state index contributed by atoms with van der Waals surface area (Å²) in [6, 6.07) is 16.6. The highest BCUT2D eigenvalue weighted by Crippen LogP contribution is 2.33. The van der Waals surface area contributed by atoms with E-state index >= 15 is 0 Å². The first-order chi connectivity index (χ1) is 18.6. The number of benzene rings is 2. The molecule has 2 aromatic carbocycles. The molecule has 1 aliphatic rings. The van der Waals surface area contributed by atoms with Crippen LogP contribution >= 0.6 is 0 Å². The van der Waals surface area contributed by atoms with E-state index in [9.17, 15) is 4.79 Å². The third-order valence-corrected chi connectivity index (χ3v) is 7.90. The fourth-order valence-corrected chi connectivity index (χ4v) is 5.80. The predicted octanol–water partition coefficient (Wildman–Crippen LogP) is 5.74. The minimum Gasteiger partial charge on any atom is -0.496 e. The first-order valence-electron chi connectivity index (χ1n) is 13.9. The van der Waals surface area contributed by atoms with Crippen LogP contribution in [-0.2, 0) is 19.5 Å². The van der Waals surface area contributed by atoms with Gasteiger partial charge in [-0.2, -0.15) is 0 Å². The number of rotatable bonds is 10. The number of aryl methyl sites for hydroxylation is 1. The molecule has 0 unspecified atom stereocenters. The van der Waals surface area contributed by atoms with E-state index in [1.807, 2.05) is 30.3 Å². The lowest BCUT2D eigenvalue weighted by Crippen LogP contribution is -2.33. The van der Waals surface area contributed by atoms with Crippen LogP contribution in [0, 0.1) is 0 Å². The maximum absolute atomic E-state index is 13.3. The molecule has 4 aromatic rings. The molecule has 1 N–H and O–H groups in total. The van der Waals surface area contributed by atoms with Crippen LogP contribution in [0.4, 0.5) is 0 Å². The van der Waals surface area contributed by atoms with Crippen molar-refractivity contribution in [1.82, 2.24) is 30.1 Å². The van der Waals surface area contributed by atoms with E-state index in [2.05, 4.69) is 62.1 Å². The van der Waals surface area contributed by atoms with E-state index in [1.54, 1.807) is 7.11 Å². The Labute approximate surface area is 224 Å². The van der Waals surface area contributed by atoms with Crippen molar-refractivity contribution >= 4 is 10.9 Å². The summed E-state index contributed by atoms with van der Waals surface area (Å²) in [6.07, 6.45) is 7.65. The molecule has 0 spiro atoms. The Morgan fingerprint density at radius 3 is 2.61 bits per heavy atom. The molecule has 0 radical (unpaired) electrons. The van der Waals surface area contributed by atoms with Crippen molar-refractivity contribution in [2.45, 2.75) is 84.0 Å². The van der Waals surface area contributed by atoms with Crippen LogP contribution in [0.3, 0.4) is 0 Å². The monoisotopic (exact) mass is 514 g/mol. The van der Waals surface area contributed by atoms with Gasteiger partial charge in [0.05, 0.1) is 19.2 Å². The lowest BCUT2D eigenvalue weighted by molar-refractivity contribution is 0.153. The molecule has 1 fully saturated rings. The Morgan fingerprint density at radius 1 is 1.05 bits per heavy atom. The molecule has 1 aliphatic carbocycles. The van der Waals surface area contributed by atoms with E-state index in [0.29, 0.717) is 19.1 Å². The van der Waals surface area contributed by atoms with Gasteiger partial charge in [0.2, 0.25) is 0 Å². The van der Waals surface area contributed by atoms with Gasteiger partial charge in [0.1, 0.15) is 5.75 Å². The number of tetrazole rings is 1. The fraction of sp³-hybridized carbons (Fsp3) is 0.467. The molecule has 0 bridgehead atoms. The maximum Gasteiger partial charge on any atom is 0.252 e. The van der Waals surface area contributed by atoms with E-state index in [1.165, 1.54) is 24.8 Å². The van der Waals surface area contributed by atoms with E-state index in [-0.39, 0.29) is 11.6 Å². The number of nitrogens with zero attached hydrogens (tertiary/aromatic N) is 5. The van der Waals surface area contributed by atoms with Gasteiger partial charge >= 0.3 is 0 Å². The van der Waals surface area contributed by atoms with Gasteiger partial charge in [-0.15, -0.1) is 5.10 Å². The van der Waals surface area contributed by atoms with Crippen molar-refractivity contribution < 1.29 is 4.74 Å². The maximum atomic E-state index is 13.3. The molecule has 1 saturated carbocycles. The molecule has 0 amide bonds. The third kappa shape index (κ3) is 5.50. The van der Waals surface area contributed by atoms with Gasteiger partial charge in [0, 0.05) is 29.7 Å². The summed E-state index contributed by atoms with van der Waals surface area (Å²) in [6.45, 7) is 5.38. The minimum atomic E-state index is -0.0616. The van der Waals surface area contributed by atoms with Gasteiger partial charge in [-0.05, 0) is 71.3 Å². The van der Waals surface area contributed by atoms with Gasteiger partial charge in [-0.3, -0.25) is 9.69 Å². The summed E-state index contributed by atoms with van der Waals surface area (Å²) in [7, 11) is 1.70. The van der Waals surface area contributed by atoms with E-state index < -0.39 is 0 Å². The summed E-state index contributed by atoms with van der Waals surface area (Å²) < 4.78 is 7.74. The zero-order chi connectivity index (χ0) is 26.5. The van der Waals surface area contributed by atoms with Crippen LogP contribution in [0.2, 0.25) is 0 Å². The second-order valence-electron chi connectivity index (χ2n) is 10.3. The van der Waals surface area contributed by atoms with Crippen LogP contribution in [-0.4, -0.2) is 37.2 Å².